The first-order valence-electron chi connectivity index (χ1n) is 6.14. The fourth-order valence-corrected chi connectivity index (χ4v) is 3.50. The van der Waals surface area contributed by atoms with Crippen molar-refractivity contribution in [1.29, 1.82) is 0 Å². The van der Waals surface area contributed by atoms with Crippen LogP contribution in [-0.4, -0.2) is 49.1 Å². The Morgan fingerprint density at radius 3 is 2.36 bits per heavy atom. The van der Waals surface area contributed by atoms with Crippen molar-refractivity contribution in [2.75, 3.05) is 33.2 Å². The number of likely N-dealkylation sites (tertiary alicyclic amines) is 1. The van der Waals surface area contributed by atoms with E-state index in [1.807, 2.05) is 0 Å². The van der Waals surface area contributed by atoms with Crippen molar-refractivity contribution < 1.29 is 0 Å². The van der Waals surface area contributed by atoms with Gasteiger partial charge in [-0.2, -0.15) is 0 Å². The van der Waals surface area contributed by atoms with E-state index in [0.717, 1.165) is 6.04 Å². The van der Waals surface area contributed by atoms with Crippen LogP contribution in [0.4, 0.5) is 0 Å². The third-order valence-electron chi connectivity index (χ3n) is 4.45. The van der Waals surface area contributed by atoms with E-state index in [-0.39, 0.29) is 0 Å². The Balaban J connectivity index is 2.01. The Bertz CT molecular complexity index is 200. The second-order valence-electron chi connectivity index (χ2n) is 5.13. The standard InChI is InChI=1S/C12H24N2/c1-4-14(5-2)11-6-7-12(11)8-9-13(3)10-12/h11H,4-10H2,1-3H3. The maximum absolute atomic E-state index is 2.67. The van der Waals surface area contributed by atoms with E-state index in [9.17, 15) is 0 Å². The van der Waals surface area contributed by atoms with Crippen LogP contribution >= 0.6 is 0 Å². The molecule has 2 nitrogen and oxygen atoms in total. The van der Waals surface area contributed by atoms with E-state index in [4.69, 9.17) is 0 Å². The molecular weight excluding hydrogens is 172 g/mol. The van der Waals surface area contributed by atoms with Crippen LogP contribution in [0.2, 0.25) is 0 Å². The van der Waals surface area contributed by atoms with Gasteiger partial charge in [-0.1, -0.05) is 13.8 Å². The summed E-state index contributed by atoms with van der Waals surface area (Å²) in [6.07, 6.45) is 4.35. The van der Waals surface area contributed by atoms with Crippen LogP contribution in [0.25, 0.3) is 0 Å². The van der Waals surface area contributed by atoms with Gasteiger partial charge in [0.1, 0.15) is 0 Å². The van der Waals surface area contributed by atoms with E-state index in [1.165, 1.54) is 45.4 Å². The van der Waals surface area contributed by atoms with Crippen LogP contribution in [0, 0.1) is 5.41 Å². The van der Waals surface area contributed by atoms with Crippen molar-refractivity contribution in [3.05, 3.63) is 0 Å². The second-order valence-corrected chi connectivity index (χ2v) is 5.13. The summed E-state index contributed by atoms with van der Waals surface area (Å²) in [5.74, 6) is 0. The van der Waals surface area contributed by atoms with Crippen LogP contribution in [0.5, 0.6) is 0 Å². The number of hydrogen-bond donors (Lipinski definition) is 0. The number of nitrogens with zero attached hydrogens (tertiary/aromatic N) is 2. The highest BCUT2D eigenvalue weighted by molar-refractivity contribution is 5.05. The average Bonchev–Trinajstić information content (AvgIpc) is 2.57. The van der Waals surface area contributed by atoms with Crippen LogP contribution in [0.1, 0.15) is 33.1 Å². The fraction of sp³-hybridized carbons (Fsp3) is 1.00. The van der Waals surface area contributed by atoms with Gasteiger partial charge in [-0.3, -0.25) is 0 Å². The molecule has 0 aromatic rings. The number of hydrogen-bond acceptors (Lipinski definition) is 2. The molecule has 1 aliphatic heterocycles. The summed E-state index contributed by atoms with van der Waals surface area (Å²) in [7, 11) is 2.27. The molecule has 0 N–H and O–H groups in total. The zero-order valence-corrected chi connectivity index (χ0v) is 9.92. The van der Waals surface area contributed by atoms with Gasteiger partial charge in [0.2, 0.25) is 0 Å². The van der Waals surface area contributed by atoms with E-state index in [0.29, 0.717) is 5.41 Å². The molecule has 0 amide bonds. The van der Waals surface area contributed by atoms with Gasteiger partial charge in [-0.25, -0.2) is 0 Å². The lowest BCUT2D eigenvalue weighted by molar-refractivity contribution is -0.0132. The Morgan fingerprint density at radius 1 is 1.29 bits per heavy atom. The van der Waals surface area contributed by atoms with E-state index < -0.39 is 0 Å². The largest absolute Gasteiger partial charge is 0.306 e. The minimum absolute atomic E-state index is 0.681. The molecule has 1 aliphatic carbocycles. The van der Waals surface area contributed by atoms with Gasteiger partial charge in [0.15, 0.2) is 0 Å². The van der Waals surface area contributed by atoms with Crippen molar-refractivity contribution in [3.63, 3.8) is 0 Å². The molecule has 2 aliphatic rings. The lowest BCUT2D eigenvalue weighted by Crippen LogP contribution is -2.56. The van der Waals surface area contributed by atoms with Gasteiger partial charge in [0.05, 0.1) is 0 Å². The fourth-order valence-electron chi connectivity index (χ4n) is 3.50. The Hall–Kier alpha value is -0.0800. The molecule has 0 bridgehead atoms. The lowest BCUT2D eigenvalue weighted by Gasteiger charge is -2.52. The van der Waals surface area contributed by atoms with Gasteiger partial charge < -0.3 is 9.80 Å². The third-order valence-corrected chi connectivity index (χ3v) is 4.45. The molecule has 1 heterocycles. The van der Waals surface area contributed by atoms with E-state index in [1.54, 1.807) is 0 Å². The molecule has 2 fully saturated rings. The normalized spacial score (nSPS) is 38.1. The molecule has 2 heteroatoms. The molecule has 0 aromatic carbocycles. The SMILES string of the molecule is CCN(CC)C1CCC12CCN(C)C2. The summed E-state index contributed by atoms with van der Waals surface area (Å²) in [5.41, 5.74) is 0.681. The molecule has 82 valence electrons. The van der Waals surface area contributed by atoms with Crippen LogP contribution in [-0.2, 0) is 0 Å². The monoisotopic (exact) mass is 196 g/mol. The first-order chi connectivity index (χ1) is 6.72. The molecule has 2 unspecified atom stereocenters. The minimum Gasteiger partial charge on any atom is -0.306 e. The highest BCUT2D eigenvalue weighted by Gasteiger charge is 2.51. The zero-order chi connectivity index (χ0) is 10.2. The van der Waals surface area contributed by atoms with Crippen molar-refractivity contribution in [2.24, 2.45) is 5.41 Å². The van der Waals surface area contributed by atoms with Crippen molar-refractivity contribution in [3.8, 4) is 0 Å². The Kier molecular flexibility index (Phi) is 2.85. The molecule has 0 aromatic heterocycles. The van der Waals surface area contributed by atoms with Crippen LogP contribution in [0.3, 0.4) is 0 Å². The summed E-state index contributed by atoms with van der Waals surface area (Å²) >= 11 is 0. The van der Waals surface area contributed by atoms with Gasteiger partial charge in [0.25, 0.3) is 0 Å². The topological polar surface area (TPSA) is 6.48 Å². The highest BCUT2D eigenvalue weighted by Crippen LogP contribution is 2.50. The Morgan fingerprint density at radius 2 is 2.00 bits per heavy atom. The van der Waals surface area contributed by atoms with Gasteiger partial charge >= 0.3 is 0 Å². The van der Waals surface area contributed by atoms with Crippen molar-refractivity contribution in [2.45, 2.75) is 39.2 Å². The number of rotatable bonds is 3. The molecule has 1 saturated carbocycles. The molecule has 1 saturated heterocycles. The molecule has 0 radical (unpaired) electrons. The van der Waals surface area contributed by atoms with E-state index >= 15 is 0 Å². The quantitative estimate of drug-likeness (QED) is 0.679. The molecule has 14 heavy (non-hydrogen) atoms. The molecule has 1 spiro atoms. The summed E-state index contributed by atoms with van der Waals surface area (Å²) in [4.78, 5) is 5.18. The average molecular weight is 196 g/mol. The Labute approximate surface area is 88.3 Å². The summed E-state index contributed by atoms with van der Waals surface area (Å²) in [6, 6.07) is 0.891. The first-order valence-corrected chi connectivity index (χ1v) is 6.14. The molecule has 2 atom stereocenters. The van der Waals surface area contributed by atoms with Crippen molar-refractivity contribution >= 4 is 0 Å². The highest BCUT2D eigenvalue weighted by atomic mass is 15.2. The molecule has 2 rings (SSSR count). The van der Waals surface area contributed by atoms with Crippen molar-refractivity contribution in [1.82, 2.24) is 9.80 Å². The zero-order valence-electron chi connectivity index (χ0n) is 9.92. The van der Waals surface area contributed by atoms with Gasteiger partial charge in [-0.15, -0.1) is 0 Å². The second kappa shape index (κ2) is 3.82. The minimum atomic E-state index is 0.681. The van der Waals surface area contributed by atoms with Gasteiger partial charge in [0, 0.05) is 12.6 Å². The molecular formula is C12H24N2. The smallest absolute Gasteiger partial charge is 0.0164 e. The van der Waals surface area contributed by atoms with Crippen LogP contribution < -0.4 is 0 Å². The predicted octanol–water partition coefficient (Wildman–Crippen LogP) is 1.81. The maximum atomic E-state index is 2.67. The maximum Gasteiger partial charge on any atom is 0.0164 e. The van der Waals surface area contributed by atoms with Gasteiger partial charge in [-0.05, 0) is 51.4 Å². The predicted molar refractivity (Wildman–Crippen MR) is 60.5 cm³/mol. The summed E-state index contributed by atoms with van der Waals surface area (Å²) < 4.78 is 0. The van der Waals surface area contributed by atoms with E-state index in [2.05, 4.69) is 30.7 Å². The summed E-state index contributed by atoms with van der Waals surface area (Å²) in [5, 5.41) is 0. The summed E-state index contributed by atoms with van der Waals surface area (Å²) in [6.45, 7) is 9.72. The lowest BCUT2D eigenvalue weighted by atomic mass is 9.63. The van der Waals surface area contributed by atoms with Crippen LogP contribution in [0.15, 0.2) is 0 Å². The third kappa shape index (κ3) is 1.49. The first kappa shape index (κ1) is 10.4.